The molecule has 0 spiro atoms. The Labute approximate surface area is 83.4 Å². The predicted molar refractivity (Wildman–Crippen MR) is 55.4 cm³/mol. The SMILES string of the molecule is C[C@H](CCOc1nccs1)N(C)C. The zero-order valence-corrected chi connectivity index (χ0v) is 9.17. The maximum absolute atomic E-state index is 5.45. The van der Waals surface area contributed by atoms with Gasteiger partial charge in [0.1, 0.15) is 0 Å². The highest BCUT2D eigenvalue weighted by atomic mass is 32.1. The van der Waals surface area contributed by atoms with Crippen molar-refractivity contribution in [3.8, 4) is 5.19 Å². The Morgan fingerprint density at radius 3 is 2.92 bits per heavy atom. The maximum Gasteiger partial charge on any atom is 0.273 e. The van der Waals surface area contributed by atoms with Gasteiger partial charge in [0.15, 0.2) is 0 Å². The van der Waals surface area contributed by atoms with Crippen LogP contribution in [0.1, 0.15) is 13.3 Å². The minimum absolute atomic E-state index is 0.556. The average Bonchev–Trinajstić information content (AvgIpc) is 2.56. The molecule has 13 heavy (non-hydrogen) atoms. The smallest absolute Gasteiger partial charge is 0.273 e. The second kappa shape index (κ2) is 5.19. The Kier molecular flexibility index (Phi) is 4.18. The van der Waals surface area contributed by atoms with Crippen molar-refractivity contribution in [2.24, 2.45) is 0 Å². The molecule has 1 atom stereocenters. The average molecular weight is 200 g/mol. The third-order valence-electron chi connectivity index (χ3n) is 2.05. The Balaban J connectivity index is 2.14. The van der Waals surface area contributed by atoms with Gasteiger partial charge in [-0.15, -0.1) is 0 Å². The van der Waals surface area contributed by atoms with Crippen molar-refractivity contribution >= 4 is 11.3 Å². The van der Waals surface area contributed by atoms with E-state index in [1.807, 2.05) is 5.38 Å². The van der Waals surface area contributed by atoms with Crippen molar-refractivity contribution in [2.75, 3.05) is 20.7 Å². The summed E-state index contributed by atoms with van der Waals surface area (Å²) in [4.78, 5) is 6.23. The molecule has 0 aliphatic carbocycles. The van der Waals surface area contributed by atoms with E-state index in [9.17, 15) is 0 Å². The highest BCUT2D eigenvalue weighted by Gasteiger charge is 2.04. The lowest BCUT2D eigenvalue weighted by atomic mass is 10.2. The van der Waals surface area contributed by atoms with Crippen molar-refractivity contribution in [1.29, 1.82) is 0 Å². The normalized spacial score (nSPS) is 13.2. The summed E-state index contributed by atoms with van der Waals surface area (Å²) in [6.45, 7) is 2.93. The third-order valence-corrected chi connectivity index (χ3v) is 2.74. The Hall–Kier alpha value is -0.610. The largest absolute Gasteiger partial charge is 0.470 e. The summed E-state index contributed by atoms with van der Waals surface area (Å²) in [5.41, 5.74) is 0. The molecule has 1 heterocycles. The fourth-order valence-electron chi connectivity index (χ4n) is 0.857. The molecule has 3 nitrogen and oxygen atoms in total. The van der Waals surface area contributed by atoms with Crippen LogP contribution in [0.15, 0.2) is 11.6 Å². The van der Waals surface area contributed by atoms with Crippen LogP contribution in [0, 0.1) is 0 Å². The summed E-state index contributed by atoms with van der Waals surface area (Å²) in [6, 6.07) is 0.556. The molecule has 0 unspecified atom stereocenters. The van der Waals surface area contributed by atoms with E-state index < -0.39 is 0 Å². The number of hydrogen-bond donors (Lipinski definition) is 0. The lowest BCUT2D eigenvalue weighted by Gasteiger charge is -2.18. The van der Waals surface area contributed by atoms with Gasteiger partial charge in [0, 0.05) is 17.6 Å². The molecule has 0 N–H and O–H groups in total. The molecular formula is C9H16N2OS. The first-order chi connectivity index (χ1) is 6.20. The third kappa shape index (κ3) is 3.74. The molecule has 0 fully saturated rings. The summed E-state index contributed by atoms with van der Waals surface area (Å²) in [7, 11) is 4.15. The zero-order valence-electron chi connectivity index (χ0n) is 8.36. The van der Waals surface area contributed by atoms with E-state index >= 15 is 0 Å². The first-order valence-corrected chi connectivity index (χ1v) is 5.27. The molecule has 0 saturated carbocycles. The quantitative estimate of drug-likeness (QED) is 0.725. The second-order valence-electron chi connectivity index (χ2n) is 3.25. The molecule has 0 aliphatic rings. The summed E-state index contributed by atoms with van der Waals surface area (Å²) >= 11 is 1.54. The highest BCUT2D eigenvalue weighted by Crippen LogP contribution is 2.13. The number of aromatic nitrogens is 1. The molecule has 1 aromatic rings. The predicted octanol–water partition coefficient (Wildman–Crippen LogP) is 1.86. The van der Waals surface area contributed by atoms with Gasteiger partial charge in [0.2, 0.25) is 0 Å². The van der Waals surface area contributed by atoms with E-state index in [0.29, 0.717) is 6.04 Å². The van der Waals surface area contributed by atoms with E-state index in [1.165, 1.54) is 11.3 Å². The van der Waals surface area contributed by atoms with Crippen LogP contribution in [0.3, 0.4) is 0 Å². The van der Waals surface area contributed by atoms with Gasteiger partial charge in [-0.3, -0.25) is 0 Å². The van der Waals surface area contributed by atoms with Gasteiger partial charge < -0.3 is 9.64 Å². The maximum atomic E-state index is 5.45. The van der Waals surface area contributed by atoms with Crippen LogP contribution in [0.2, 0.25) is 0 Å². The minimum atomic E-state index is 0.556. The highest BCUT2D eigenvalue weighted by molar-refractivity contribution is 7.11. The van der Waals surface area contributed by atoms with Gasteiger partial charge in [-0.05, 0) is 27.4 Å². The van der Waals surface area contributed by atoms with Gasteiger partial charge in [-0.2, -0.15) is 0 Å². The molecule has 4 heteroatoms. The van der Waals surface area contributed by atoms with Crippen molar-refractivity contribution < 1.29 is 4.74 Å². The number of hydrogen-bond acceptors (Lipinski definition) is 4. The summed E-state index contributed by atoms with van der Waals surface area (Å²) < 4.78 is 5.45. The van der Waals surface area contributed by atoms with Crippen LogP contribution in [-0.4, -0.2) is 36.6 Å². The molecular weight excluding hydrogens is 184 g/mol. The van der Waals surface area contributed by atoms with Crippen molar-refractivity contribution in [3.05, 3.63) is 11.6 Å². The van der Waals surface area contributed by atoms with Crippen LogP contribution in [0.4, 0.5) is 0 Å². The van der Waals surface area contributed by atoms with Gasteiger partial charge in [-0.1, -0.05) is 11.3 Å². The molecule has 1 aromatic heterocycles. The Morgan fingerprint density at radius 1 is 1.62 bits per heavy atom. The first-order valence-electron chi connectivity index (χ1n) is 4.39. The van der Waals surface area contributed by atoms with E-state index in [2.05, 4.69) is 30.9 Å². The fourth-order valence-corrected chi connectivity index (χ4v) is 1.37. The number of nitrogens with zero attached hydrogens (tertiary/aromatic N) is 2. The molecule has 1 rings (SSSR count). The number of ether oxygens (including phenoxy) is 1. The van der Waals surface area contributed by atoms with Crippen LogP contribution in [0.5, 0.6) is 5.19 Å². The van der Waals surface area contributed by atoms with Crippen molar-refractivity contribution in [1.82, 2.24) is 9.88 Å². The topological polar surface area (TPSA) is 25.4 Å². The monoisotopic (exact) mass is 200 g/mol. The molecule has 0 aliphatic heterocycles. The minimum Gasteiger partial charge on any atom is -0.470 e. The molecule has 0 radical (unpaired) electrons. The van der Waals surface area contributed by atoms with Gasteiger partial charge >= 0.3 is 0 Å². The van der Waals surface area contributed by atoms with Crippen LogP contribution in [-0.2, 0) is 0 Å². The van der Waals surface area contributed by atoms with Crippen molar-refractivity contribution in [3.63, 3.8) is 0 Å². The zero-order chi connectivity index (χ0) is 9.68. The van der Waals surface area contributed by atoms with E-state index in [4.69, 9.17) is 4.74 Å². The van der Waals surface area contributed by atoms with Crippen molar-refractivity contribution in [2.45, 2.75) is 19.4 Å². The van der Waals surface area contributed by atoms with Gasteiger partial charge in [0.05, 0.1) is 6.61 Å². The van der Waals surface area contributed by atoms with E-state index in [0.717, 1.165) is 18.2 Å². The fraction of sp³-hybridized carbons (Fsp3) is 0.667. The number of thiazole rings is 1. The molecule has 0 saturated heterocycles. The van der Waals surface area contributed by atoms with E-state index in [1.54, 1.807) is 6.20 Å². The van der Waals surface area contributed by atoms with Gasteiger partial charge in [0.25, 0.3) is 5.19 Å². The summed E-state index contributed by atoms with van der Waals surface area (Å²) in [5, 5.41) is 2.69. The molecule has 0 aromatic carbocycles. The summed E-state index contributed by atoms with van der Waals surface area (Å²) in [5.74, 6) is 0. The Bertz CT molecular complexity index is 224. The first kappa shape index (κ1) is 10.5. The lowest BCUT2D eigenvalue weighted by Crippen LogP contribution is -2.26. The molecule has 74 valence electrons. The van der Waals surface area contributed by atoms with Gasteiger partial charge in [-0.25, -0.2) is 4.98 Å². The van der Waals surface area contributed by atoms with Crippen LogP contribution < -0.4 is 4.74 Å². The molecule has 0 amide bonds. The van der Waals surface area contributed by atoms with Crippen LogP contribution >= 0.6 is 11.3 Å². The van der Waals surface area contributed by atoms with E-state index in [-0.39, 0.29) is 0 Å². The second-order valence-corrected chi connectivity index (χ2v) is 4.10. The number of rotatable bonds is 5. The Morgan fingerprint density at radius 2 is 2.38 bits per heavy atom. The summed E-state index contributed by atoms with van der Waals surface area (Å²) in [6.07, 6.45) is 2.79. The van der Waals surface area contributed by atoms with Crippen LogP contribution in [0.25, 0.3) is 0 Å². The molecule has 0 bridgehead atoms. The standard InChI is InChI=1S/C9H16N2OS/c1-8(11(2)3)4-6-12-9-10-5-7-13-9/h5,7-8H,4,6H2,1-3H3/t8-/m1/s1. The lowest BCUT2D eigenvalue weighted by molar-refractivity contribution is 0.233.